The van der Waals surface area contributed by atoms with Gasteiger partial charge in [0.25, 0.3) is 0 Å². The van der Waals surface area contributed by atoms with E-state index < -0.39 is 0 Å². The molecule has 5 heteroatoms. The van der Waals surface area contributed by atoms with Gasteiger partial charge < -0.3 is 10.6 Å². The van der Waals surface area contributed by atoms with Crippen LogP contribution in [0.5, 0.6) is 0 Å². The lowest BCUT2D eigenvalue weighted by Crippen LogP contribution is -2.07. The molecular formula is C20H23N5. The highest BCUT2D eigenvalue weighted by Crippen LogP contribution is 2.25. The summed E-state index contributed by atoms with van der Waals surface area (Å²) in [5.74, 6) is 1.21. The van der Waals surface area contributed by atoms with E-state index in [0.717, 1.165) is 18.5 Å². The highest BCUT2D eigenvalue weighted by Gasteiger charge is 2.08. The Morgan fingerprint density at radius 3 is 2.28 bits per heavy atom. The SMILES string of the molecule is CCc1cccc(CC)c1Nc1cnnc(NCc2ccccc2)n1. The van der Waals surface area contributed by atoms with E-state index in [9.17, 15) is 0 Å². The van der Waals surface area contributed by atoms with Gasteiger partial charge in [0.1, 0.15) is 0 Å². The molecule has 0 spiro atoms. The Morgan fingerprint density at radius 1 is 0.880 bits per heavy atom. The molecule has 2 aromatic carbocycles. The summed E-state index contributed by atoms with van der Waals surface area (Å²) in [6.45, 7) is 4.98. The van der Waals surface area contributed by atoms with Gasteiger partial charge in [-0.1, -0.05) is 62.4 Å². The van der Waals surface area contributed by atoms with E-state index in [0.29, 0.717) is 18.3 Å². The molecule has 1 heterocycles. The minimum absolute atomic E-state index is 0.515. The van der Waals surface area contributed by atoms with Gasteiger partial charge in [0.2, 0.25) is 5.95 Å². The fraction of sp³-hybridized carbons (Fsp3) is 0.250. The average Bonchev–Trinajstić information content (AvgIpc) is 2.67. The molecule has 0 unspecified atom stereocenters. The smallest absolute Gasteiger partial charge is 0.244 e. The molecular weight excluding hydrogens is 310 g/mol. The summed E-state index contributed by atoms with van der Waals surface area (Å²) in [5.41, 5.74) is 4.85. The van der Waals surface area contributed by atoms with Crippen LogP contribution in [0.2, 0.25) is 0 Å². The molecule has 128 valence electrons. The van der Waals surface area contributed by atoms with Crippen LogP contribution in [0.1, 0.15) is 30.5 Å². The summed E-state index contributed by atoms with van der Waals surface area (Å²) in [6.07, 6.45) is 3.58. The number of rotatable bonds is 7. The van der Waals surface area contributed by atoms with Crippen LogP contribution >= 0.6 is 0 Å². The van der Waals surface area contributed by atoms with E-state index in [-0.39, 0.29) is 0 Å². The fourth-order valence-corrected chi connectivity index (χ4v) is 2.75. The van der Waals surface area contributed by atoms with Crippen LogP contribution in [-0.4, -0.2) is 15.2 Å². The maximum atomic E-state index is 4.54. The zero-order valence-corrected chi connectivity index (χ0v) is 14.7. The first-order valence-electron chi connectivity index (χ1n) is 8.65. The minimum Gasteiger partial charge on any atom is -0.349 e. The normalized spacial score (nSPS) is 10.5. The molecule has 0 atom stereocenters. The summed E-state index contributed by atoms with van der Waals surface area (Å²) in [4.78, 5) is 4.54. The van der Waals surface area contributed by atoms with Crippen molar-refractivity contribution in [3.05, 3.63) is 71.4 Å². The first kappa shape index (κ1) is 16.9. The van der Waals surface area contributed by atoms with Crippen molar-refractivity contribution in [2.24, 2.45) is 0 Å². The van der Waals surface area contributed by atoms with Crippen LogP contribution in [0.25, 0.3) is 0 Å². The van der Waals surface area contributed by atoms with Crippen LogP contribution in [0.15, 0.2) is 54.7 Å². The number of hydrogen-bond acceptors (Lipinski definition) is 5. The Morgan fingerprint density at radius 2 is 1.60 bits per heavy atom. The molecule has 0 aliphatic carbocycles. The van der Waals surface area contributed by atoms with Crippen molar-refractivity contribution in [3.63, 3.8) is 0 Å². The molecule has 0 radical (unpaired) electrons. The van der Waals surface area contributed by atoms with Gasteiger partial charge in [0.05, 0.1) is 6.20 Å². The molecule has 3 rings (SSSR count). The van der Waals surface area contributed by atoms with E-state index in [4.69, 9.17) is 0 Å². The number of aromatic nitrogens is 3. The van der Waals surface area contributed by atoms with Crippen molar-refractivity contribution in [3.8, 4) is 0 Å². The van der Waals surface area contributed by atoms with E-state index in [1.54, 1.807) is 6.20 Å². The molecule has 1 aromatic heterocycles. The first-order valence-corrected chi connectivity index (χ1v) is 8.65. The van der Waals surface area contributed by atoms with Gasteiger partial charge in [-0.2, -0.15) is 10.1 Å². The van der Waals surface area contributed by atoms with Crippen LogP contribution < -0.4 is 10.6 Å². The molecule has 0 saturated carbocycles. The van der Waals surface area contributed by atoms with Gasteiger partial charge in [0, 0.05) is 12.2 Å². The quantitative estimate of drug-likeness (QED) is 0.673. The van der Waals surface area contributed by atoms with Crippen molar-refractivity contribution in [1.82, 2.24) is 15.2 Å². The second-order valence-electron chi connectivity index (χ2n) is 5.79. The molecule has 0 saturated heterocycles. The third kappa shape index (κ3) is 4.32. The first-order chi connectivity index (χ1) is 12.3. The number of hydrogen-bond donors (Lipinski definition) is 2. The number of nitrogens with one attached hydrogen (secondary N) is 2. The van der Waals surface area contributed by atoms with Crippen molar-refractivity contribution in [1.29, 1.82) is 0 Å². The Bertz CT molecular complexity index is 795. The molecule has 0 amide bonds. The monoisotopic (exact) mass is 333 g/mol. The fourth-order valence-electron chi connectivity index (χ4n) is 2.75. The lowest BCUT2D eigenvalue weighted by Gasteiger charge is -2.15. The van der Waals surface area contributed by atoms with Crippen LogP contribution in [0.3, 0.4) is 0 Å². The largest absolute Gasteiger partial charge is 0.349 e. The number of aryl methyl sites for hydroxylation is 2. The van der Waals surface area contributed by atoms with Crippen LogP contribution in [-0.2, 0) is 19.4 Å². The summed E-state index contributed by atoms with van der Waals surface area (Å²) in [5, 5.41) is 14.8. The van der Waals surface area contributed by atoms with Gasteiger partial charge >= 0.3 is 0 Å². The third-order valence-electron chi connectivity index (χ3n) is 4.10. The number of nitrogens with zero attached hydrogens (tertiary/aromatic N) is 3. The minimum atomic E-state index is 0.515. The van der Waals surface area contributed by atoms with Gasteiger partial charge in [-0.05, 0) is 29.5 Å². The summed E-state index contributed by atoms with van der Waals surface area (Å²) < 4.78 is 0. The molecule has 0 bridgehead atoms. The summed E-state index contributed by atoms with van der Waals surface area (Å²) in [6, 6.07) is 16.6. The molecule has 25 heavy (non-hydrogen) atoms. The van der Waals surface area contributed by atoms with Gasteiger partial charge in [-0.3, -0.25) is 0 Å². The highest BCUT2D eigenvalue weighted by atomic mass is 15.3. The third-order valence-corrected chi connectivity index (χ3v) is 4.10. The van der Waals surface area contributed by atoms with Crippen molar-refractivity contribution < 1.29 is 0 Å². The van der Waals surface area contributed by atoms with Gasteiger partial charge in [0.15, 0.2) is 5.82 Å². The van der Waals surface area contributed by atoms with Gasteiger partial charge in [-0.25, -0.2) is 0 Å². The predicted molar refractivity (Wildman–Crippen MR) is 102 cm³/mol. The maximum Gasteiger partial charge on any atom is 0.244 e. The summed E-state index contributed by atoms with van der Waals surface area (Å²) in [7, 11) is 0. The highest BCUT2D eigenvalue weighted by molar-refractivity contribution is 5.65. The molecule has 2 N–H and O–H groups in total. The molecule has 0 aliphatic heterocycles. The maximum absolute atomic E-state index is 4.54. The number of benzene rings is 2. The second kappa shape index (κ2) is 8.24. The molecule has 0 fully saturated rings. The number of para-hydroxylation sites is 1. The Kier molecular flexibility index (Phi) is 5.57. The van der Waals surface area contributed by atoms with E-state index in [1.807, 2.05) is 18.2 Å². The molecule has 0 aliphatic rings. The standard InChI is InChI=1S/C20H23N5/c1-3-16-11-8-12-17(4-2)19(16)23-18-14-22-25-20(24-18)21-13-15-9-6-5-7-10-15/h5-12,14H,3-4,13H2,1-2H3,(H2,21,23,24,25). The Labute approximate surface area is 148 Å². The zero-order valence-electron chi connectivity index (χ0n) is 14.7. The van der Waals surface area contributed by atoms with Crippen molar-refractivity contribution in [2.75, 3.05) is 10.6 Å². The molecule has 3 aromatic rings. The van der Waals surface area contributed by atoms with Crippen molar-refractivity contribution in [2.45, 2.75) is 33.2 Å². The van der Waals surface area contributed by atoms with E-state index >= 15 is 0 Å². The average molecular weight is 333 g/mol. The lowest BCUT2D eigenvalue weighted by atomic mass is 10.0. The van der Waals surface area contributed by atoms with E-state index in [2.05, 4.69) is 70.0 Å². The molecule has 5 nitrogen and oxygen atoms in total. The van der Waals surface area contributed by atoms with Crippen molar-refractivity contribution >= 4 is 17.5 Å². The Hall–Kier alpha value is -2.95. The van der Waals surface area contributed by atoms with E-state index in [1.165, 1.54) is 16.7 Å². The van der Waals surface area contributed by atoms with Crippen LogP contribution in [0.4, 0.5) is 17.5 Å². The zero-order chi connectivity index (χ0) is 17.5. The predicted octanol–water partition coefficient (Wildman–Crippen LogP) is 4.35. The second-order valence-corrected chi connectivity index (χ2v) is 5.79. The summed E-state index contributed by atoms with van der Waals surface area (Å²) >= 11 is 0. The van der Waals surface area contributed by atoms with Gasteiger partial charge in [-0.15, -0.1) is 5.10 Å². The number of anilines is 3. The Balaban J connectivity index is 1.76. The topological polar surface area (TPSA) is 62.7 Å². The lowest BCUT2D eigenvalue weighted by molar-refractivity contribution is 0.947. The van der Waals surface area contributed by atoms with Crippen LogP contribution in [0, 0.1) is 0 Å².